The summed E-state index contributed by atoms with van der Waals surface area (Å²) in [4.78, 5) is 24.0. The molecule has 0 heterocycles. The number of benzene rings is 2. The first-order chi connectivity index (χ1) is 13.4. The number of halogens is 3. The summed E-state index contributed by atoms with van der Waals surface area (Å²) < 4.78 is 10.4. The Morgan fingerprint density at radius 1 is 1.00 bits per heavy atom. The number of amides is 1. The number of anilines is 1. The molecule has 150 valence electrons. The van der Waals surface area contributed by atoms with Gasteiger partial charge in [0, 0.05) is 10.6 Å². The first-order valence-electron chi connectivity index (χ1n) is 8.75. The highest BCUT2D eigenvalue weighted by Gasteiger charge is 2.13. The molecule has 0 bridgehead atoms. The quantitative estimate of drug-likeness (QED) is 0.380. The van der Waals surface area contributed by atoms with Gasteiger partial charge in [0.2, 0.25) is 0 Å². The second-order valence-corrected chi connectivity index (χ2v) is 7.19. The Hall–Kier alpha value is -1.95. The van der Waals surface area contributed by atoms with E-state index in [-0.39, 0.29) is 22.3 Å². The largest absolute Gasteiger partial charge is 0.482 e. The maximum Gasteiger partial charge on any atom is 0.344 e. The van der Waals surface area contributed by atoms with Crippen molar-refractivity contribution in [2.24, 2.45) is 0 Å². The smallest absolute Gasteiger partial charge is 0.344 e. The summed E-state index contributed by atoms with van der Waals surface area (Å²) in [5.41, 5.74) is 0.653. The maximum absolute atomic E-state index is 12.4. The van der Waals surface area contributed by atoms with E-state index < -0.39 is 11.9 Å². The molecule has 0 radical (unpaired) electrons. The molecular weight excluding hydrogens is 425 g/mol. The average Bonchev–Trinajstić information content (AvgIpc) is 2.66. The third-order valence-electron chi connectivity index (χ3n) is 3.73. The number of nitrogens with one attached hydrogen (secondary N) is 1. The Bertz CT molecular complexity index is 802. The standard InChI is InChI=1S/C20H20Cl3NO4/c1-2-3-4-9-27-18(25)12-28-15-7-5-13(6-8-15)20(26)24-19-16(22)10-14(21)11-17(19)23/h5-8,10-11H,2-4,9,12H2,1H3,(H,24,26). The zero-order chi connectivity index (χ0) is 20.5. The van der Waals surface area contributed by atoms with E-state index in [1.54, 1.807) is 24.3 Å². The van der Waals surface area contributed by atoms with Crippen LogP contribution in [0, 0.1) is 0 Å². The lowest BCUT2D eigenvalue weighted by molar-refractivity contribution is -0.146. The van der Waals surface area contributed by atoms with Crippen LogP contribution in [-0.2, 0) is 9.53 Å². The van der Waals surface area contributed by atoms with E-state index in [0.717, 1.165) is 19.3 Å². The number of carbonyl (C=O) groups is 2. The van der Waals surface area contributed by atoms with Crippen molar-refractivity contribution in [3.63, 3.8) is 0 Å². The minimum absolute atomic E-state index is 0.187. The molecule has 0 saturated carbocycles. The molecule has 5 nitrogen and oxygen atoms in total. The van der Waals surface area contributed by atoms with Crippen LogP contribution >= 0.6 is 34.8 Å². The molecule has 0 saturated heterocycles. The van der Waals surface area contributed by atoms with Crippen LogP contribution in [0.25, 0.3) is 0 Å². The molecule has 2 rings (SSSR count). The van der Waals surface area contributed by atoms with Gasteiger partial charge >= 0.3 is 5.97 Å². The zero-order valence-electron chi connectivity index (χ0n) is 15.3. The van der Waals surface area contributed by atoms with Gasteiger partial charge in [-0.2, -0.15) is 0 Å². The molecule has 0 aromatic heterocycles. The van der Waals surface area contributed by atoms with Gasteiger partial charge in [0.15, 0.2) is 6.61 Å². The second-order valence-electron chi connectivity index (χ2n) is 5.94. The van der Waals surface area contributed by atoms with E-state index >= 15 is 0 Å². The number of hydrogen-bond acceptors (Lipinski definition) is 4. The summed E-state index contributed by atoms with van der Waals surface area (Å²) in [5, 5.41) is 3.50. The summed E-state index contributed by atoms with van der Waals surface area (Å²) in [6.07, 6.45) is 2.92. The molecule has 0 fully saturated rings. The summed E-state index contributed by atoms with van der Waals surface area (Å²) in [6, 6.07) is 9.28. The van der Waals surface area contributed by atoms with E-state index in [9.17, 15) is 9.59 Å². The van der Waals surface area contributed by atoms with Crippen LogP contribution in [0.15, 0.2) is 36.4 Å². The SMILES string of the molecule is CCCCCOC(=O)COc1ccc(C(=O)Nc2c(Cl)cc(Cl)cc2Cl)cc1. The Morgan fingerprint density at radius 3 is 2.25 bits per heavy atom. The summed E-state index contributed by atoms with van der Waals surface area (Å²) in [6.45, 7) is 2.28. The Balaban J connectivity index is 1.88. The highest BCUT2D eigenvalue weighted by atomic mass is 35.5. The molecule has 28 heavy (non-hydrogen) atoms. The molecular formula is C20H20Cl3NO4. The Labute approximate surface area is 178 Å². The molecule has 2 aromatic carbocycles. The van der Waals surface area contributed by atoms with Crippen molar-refractivity contribution in [2.75, 3.05) is 18.5 Å². The fourth-order valence-electron chi connectivity index (χ4n) is 2.27. The average molecular weight is 445 g/mol. The van der Waals surface area contributed by atoms with Gasteiger partial charge in [-0.1, -0.05) is 54.6 Å². The Kier molecular flexibility index (Phi) is 8.90. The van der Waals surface area contributed by atoms with Gasteiger partial charge < -0.3 is 14.8 Å². The van der Waals surface area contributed by atoms with Crippen molar-refractivity contribution in [2.45, 2.75) is 26.2 Å². The highest BCUT2D eigenvalue weighted by molar-refractivity contribution is 6.42. The number of carbonyl (C=O) groups excluding carboxylic acids is 2. The van der Waals surface area contributed by atoms with Crippen LogP contribution < -0.4 is 10.1 Å². The van der Waals surface area contributed by atoms with E-state index in [1.165, 1.54) is 12.1 Å². The molecule has 1 amide bonds. The van der Waals surface area contributed by atoms with Crippen molar-refractivity contribution in [1.82, 2.24) is 0 Å². The van der Waals surface area contributed by atoms with Crippen molar-refractivity contribution in [3.05, 3.63) is 57.0 Å². The van der Waals surface area contributed by atoms with E-state index in [4.69, 9.17) is 44.3 Å². The minimum Gasteiger partial charge on any atom is -0.482 e. The van der Waals surface area contributed by atoms with E-state index in [0.29, 0.717) is 22.9 Å². The topological polar surface area (TPSA) is 64.6 Å². The number of ether oxygens (including phenoxy) is 2. The lowest BCUT2D eigenvalue weighted by Crippen LogP contribution is -2.16. The van der Waals surface area contributed by atoms with Crippen LogP contribution in [-0.4, -0.2) is 25.1 Å². The summed E-state index contributed by atoms with van der Waals surface area (Å²) in [7, 11) is 0. The van der Waals surface area contributed by atoms with Gasteiger partial charge in [0.25, 0.3) is 5.91 Å². The molecule has 0 spiro atoms. The number of esters is 1. The van der Waals surface area contributed by atoms with Gasteiger partial charge in [-0.3, -0.25) is 4.79 Å². The van der Waals surface area contributed by atoms with Gasteiger partial charge in [-0.25, -0.2) is 4.79 Å². The third-order valence-corrected chi connectivity index (χ3v) is 4.54. The van der Waals surface area contributed by atoms with Gasteiger partial charge in [-0.15, -0.1) is 0 Å². The van der Waals surface area contributed by atoms with Crippen LogP contribution in [0.3, 0.4) is 0 Å². The zero-order valence-corrected chi connectivity index (χ0v) is 17.5. The van der Waals surface area contributed by atoms with Crippen molar-refractivity contribution >= 4 is 52.4 Å². The van der Waals surface area contributed by atoms with Gasteiger partial charge in [-0.05, 0) is 42.8 Å². The molecule has 0 atom stereocenters. The molecule has 0 aliphatic carbocycles. The monoisotopic (exact) mass is 443 g/mol. The van der Waals surface area contributed by atoms with Crippen molar-refractivity contribution in [3.8, 4) is 5.75 Å². The number of hydrogen-bond donors (Lipinski definition) is 1. The molecule has 8 heteroatoms. The summed E-state index contributed by atoms with van der Waals surface area (Å²) in [5.74, 6) is -0.373. The van der Waals surface area contributed by atoms with Crippen LogP contribution in [0.5, 0.6) is 5.75 Å². The lowest BCUT2D eigenvalue weighted by Gasteiger charge is -2.11. The number of rotatable bonds is 9. The fourth-order valence-corrected chi connectivity index (χ4v) is 3.18. The van der Waals surface area contributed by atoms with E-state index in [2.05, 4.69) is 12.2 Å². The first-order valence-corrected chi connectivity index (χ1v) is 9.88. The number of unbranched alkanes of at least 4 members (excludes halogenated alkanes) is 2. The molecule has 1 N–H and O–H groups in total. The van der Waals surface area contributed by atoms with E-state index in [1.807, 2.05) is 0 Å². The van der Waals surface area contributed by atoms with Crippen molar-refractivity contribution < 1.29 is 19.1 Å². The van der Waals surface area contributed by atoms with Crippen LogP contribution in [0.2, 0.25) is 15.1 Å². The predicted molar refractivity (Wildman–Crippen MR) is 112 cm³/mol. The maximum atomic E-state index is 12.4. The Morgan fingerprint density at radius 2 is 1.64 bits per heavy atom. The van der Waals surface area contributed by atoms with Crippen LogP contribution in [0.4, 0.5) is 5.69 Å². The first kappa shape index (κ1) is 22.3. The second kappa shape index (κ2) is 11.1. The minimum atomic E-state index is -0.426. The van der Waals surface area contributed by atoms with Crippen LogP contribution in [0.1, 0.15) is 36.5 Å². The predicted octanol–water partition coefficient (Wildman–Crippen LogP) is 6.01. The molecule has 0 aliphatic rings. The van der Waals surface area contributed by atoms with Crippen molar-refractivity contribution in [1.29, 1.82) is 0 Å². The fraction of sp³-hybridized carbons (Fsp3) is 0.300. The molecule has 0 aliphatic heterocycles. The lowest BCUT2D eigenvalue weighted by atomic mass is 10.2. The molecule has 2 aromatic rings. The third kappa shape index (κ3) is 6.89. The highest BCUT2D eigenvalue weighted by Crippen LogP contribution is 2.34. The summed E-state index contributed by atoms with van der Waals surface area (Å²) >= 11 is 18.0. The van der Waals surface area contributed by atoms with Gasteiger partial charge in [0.1, 0.15) is 5.75 Å². The normalized spacial score (nSPS) is 10.4. The van der Waals surface area contributed by atoms with Gasteiger partial charge in [0.05, 0.1) is 22.3 Å². The molecule has 0 unspecified atom stereocenters.